The monoisotopic (exact) mass is 260 g/mol. The van der Waals surface area contributed by atoms with Crippen LogP contribution in [0.25, 0.3) is 0 Å². The van der Waals surface area contributed by atoms with Crippen LogP contribution in [0.3, 0.4) is 0 Å². The van der Waals surface area contributed by atoms with E-state index >= 15 is 0 Å². The number of carbonyl (C=O) groups excluding carboxylic acids is 1. The van der Waals surface area contributed by atoms with Gasteiger partial charge in [-0.25, -0.2) is 4.79 Å². The van der Waals surface area contributed by atoms with Crippen molar-refractivity contribution in [1.82, 2.24) is 0 Å². The van der Waals surface area contributed by atoms with Crippen LogP contribution in [0.2, 0.25) is 6.04 Å². The number of esters is 1. The molecule has 0 aliphatic heterocycles. The molecule has 0 heterocycles. The normalized spacial score (nSPS) is 11.3. The Morgan fingerprint density at radius 1 is 1.24 bits per heavy atom. The van der Waals surface area contributed by atoms with Gasteiger partial charge in [0.1, 0.15) is 5.91 Å². The molecule has 4 nitrogen and oxygen atoms in total. The van der Waals surface area contributed by atoms with Crippen molar-refractivity contribution < 1.29 is 19.0 Å². The molecule has 0 radical (unpaired) electrons. The van der Waals surface area contributed by atoms with E-state index in [1.165, 1.54) is 6.04 Å². The Bertz CT molecular complexity index is 227. The molecular formula is C12H24O4Si. The number of hydrogen-bond acceptors (Lipinski definition) is 4. The minimum atomic E-state index is -0.304. The molecule has 100 valence electrons. The lowest BCUT2D eigenvalue weighted by atomic mass is 10.3. The molecule has 0 rings (SSSR count). The van der Waals surface area contributed by atoms with Crippen LogP contribution in [-0.4, -0.2) is 42.2 Å². The number of ether oxygens (including phenoxy) is 3. The summed E-state index contributed by atoms with van der Waals surface area (Å²) in [4.78, 5) is 11.1. The highest BCUT2D eigenvalue weighted by molar-refractivity contribution is 6.36. The van der Waals surface area contributed by atoms with Crippen LogP contribution >= 0.6 is 0 Å². The first-order chi connectivity index (χ1) is 8.11. The van der Waals surface area contributed by atoms with Crippen molar-refractivity contribution in [1.29, 1.82) is 0 Å². The lowest BCUT2D eigenvalue weighted by Gasteiger charge is -2.12. The molecule has 0 saturated carbocycles. The maximum absolute atomic E-state index is 11.1. The van der Waals surface area contributed by atoms with Gasteiger partial charge < -0.3 is 14.2 Å². The summed E-state index contributed by atoms with van der Waals surface area (Å²) in [5.74, 6) is -0.255. The van der Waals surface area contributed by atoms with Crippen LogP contribution in [-0.2, 0) is 19.0 Å². The highest BCUT2D eigenvalue weighted by atomic mass is 28.2. The lowest BCUT2D eigenvalue weighted by Crippen LogP contribution is -2.20. The summed E-state index contributed by atoms with van der Waals surface area (Å²) in [5, 5.41) is 0. The van der Waals surface area contributed by atoms with Crippen LogP contribution < -0.4 is 0 Å². The molecule has 0 spiro atoms. The summed E-state index contributed by atoms with van der Waals surface area (Å²) in [6, 6.07) is 1.20. The van der Waals surface area contributed by atoms with Gasteiger partial charge in [0.15, 0.2) is 0 Å². The average Bonchev–Trinajstić information content (AvgIpc) is 2.32. The van der Waals surface area contributed by atoms with E-state index in [4.69, 9.17) is 14.2 Å². The van der Waals surface area contributed by atoms with Crippen LogP contribution in [0.15, 0.2) is 12.2 Å². The number of methoxy groups -OCH3 is 2. The van der Waals surface area contributed by atoms with E-state index in [9.17, 15) is 4.79 Å². The van der Waals surface area contributed by atoms with Crippen molar-refractivity contribution in [2.24, 2.45) is 0 Å². The molecule has 0 aromatic rings. The first-order valence-electron chi connectivity index (χ1n) is 6.00. The minimum Gasteiger partial charge on any atom is -0.462 e. The van der Waals surface area contributed by atoms with Gasteiger partial charge >= 0.3 is 5.97 Å². The Labute approximate surface area is 106 Å². The lowest BCUT2D eigenvalue weighted by molar-refractivity contribution is -0.139. The highest BCUT2D eigenvalue weighted by Gasteiger charge is 2.05. The van der Waals surface area contributed by atoms with Gasteiger partial charge in [-0.1, -0.05) is 25.5 Å². The fourth-order valence-corrected chi connectivity index (χ4v) is 2.83. The van der Waals surface area contributed by atoms with E-state index < -0.39 is 0 Å². The molecule has 5 heteroatoms. The molecule has 0 N–H and O–H groups in total. The van der Waals surface area contributed by atoms with Crippen molar-refractivity contribution in [2.75, 3.05) is 20.8 Å². The summed E-state index contributed by atoms with van der Waals surface area (Å²) in [5.41, 5.74) is 0.459. The zero-order valence-electron chi connectivity index (χ0n) is 11.2. The standard InChI is InChI=1S/C12H24O4Si/c1-10(2)11(13)16-8-6-5-7-9-17-12(14-3)15-4/h12H,1,5-9,17H2,2-4H3. The quantitative estimate of drug-likeness (QED) is 0.196. The second kappa shape index (κ2) is 10.5. The Hall–Kier alpha value is -0.653. The molecule has 0 amide bonds. The molecule has 0 saturated heterocycles. The molecule has 0 unspecified atom stereocenters. The summed E-state index contributed by atoms with van der Waals surface area (Å²) < 4.78 is 15.3. The molecule has 0 aromatic carbocycles. The van der Waals surface area contributed by atoms with Crippen molar-refractivity contribution in [2.45, 2.75) is 38.1 Å². The number of carbonyl (C=O) groups is 1. The van der Waals surface area contributed by atoms with E-state index in [2.05, 4.69) is 6.58 Å². The summed E-state index contributed by atoms with van der Waals surface area (Å²) in [6.07, 6.45) is 3.15. The van der Waals surface area contributed by atoms with Gasteiger partial charge in [0.2, 0.25) is 0 Å². The van der Waals surface area contributed by atoms with E-state index in [1.807, 2.05) is 0 Å². The Morgan fingerprint density at radius 2 is 1.88 bits per heavy atom. The molecule has 0 bridgehead atoms. The molecular weight excluding hydrogens is 236 g/mol. The fraction of sp³-hybridized carbons (Fsp3) is 0.750. The summed E-state index contributed by atoms with van der Waals surface area (Å²) in [7, 11) is 3.05. The Kier molecular flexibility index (Phi) is 10.1. The van der Waals surface area contributed by atoms with E-state index in [-0.39, 0.29) is 21.4 Å². The zero-order valence-corrected chi connectivity index (χ0v) is 12.6. The van der Waals surface area contributed by atoms with Gasteiger partial charge in [0, 0.05) is 19.8 Å². The zero-order chi connectivity index (χ0) is 13.1. The van der Waals surface area contributed by atoms with Gasteiger partial charge in [-0.3, -0.25) is 0 Å². The van der Waals surface area contributed by atoms with Crippen LogP contribution in [0.4, 0.5) is 0 Å². The predicted octanol–water partition coefficient (Wildman–Crippen LogP) is 1.44. The van der Waals surface area contributed by atoms with Crippen molar-refractivity contribution in [3.05, 3.63) is 12.2 Å². The van der Waals surface area contributed by atoms with E-state index in [0.717, 1.165) is 19.3 Å². The van der Waals surface area contributed by atoms with E-state index in [1.54, 1.807) is 21.1 Å². The second-order valence-corrected chi connectivity index (χ2v) is 5.97. The largest absolute Gasteiger partial charge is 0.462 e. The topological polar surface area (TPSA) is 44.8 Å². The first kappa shape index (κ1) is 16.3. The molecule has 0 atom stereocenters. The second-order valence-electron chi connectivity index (χ2n) is 4.02. The van der Waals surface area contributed by atoms with Crippen LogP contribution in [0.5, 0.6) is 0 Å². The molecule has 0 fully saturated rings. The van der Waals surface area contributed by atoms with Gasteiger partial charge in [-0.05, 0) is 13.3 Å². The summed E-state index contributed by atoms with van der Waals surface area (Å²) >= 11 is 0. The van der Waals surface area contributed by atoms with Crippen molar-refractivity contribution in [3.63, 3.8) is 0 Å². The van der Waals surface area contributed by atoms with Gasteiger partial charge in [-0.2, -0.15) is 0 Å². The van der Waals surface area contributed by atoms with Crippen molar-refractivity contribution >= 4 is 15.5 Å². The first-order valence-corrected chi connectivity index (χ1v) is 7.81. The van der Waals surface area contributed by atoms with E-state index in [0.29, 0.717) is 12.2 Å². The molecule has 0 aliphatic carbocycles. The molecule has 0 aliphatic rings. The molecule has 0 aromatic heterocycles. The smallest absolute Gasteiger partial charge is 0.333 e. The number of unbranched alkanes of at least 4 members (excludes halogenated alkanes) is 2. The maximum atomic E-state index is 11.1. The fourth-order valence-electron chi connectivity index (χ4n) is 1.39. The number of rotatable bonds is 10. The Morgan fingerprint density at radius 3 is 2.41 bits per heavy atom. The van der Waals surface area contributed by atoms with Crippen LogP contribution in [0, 0.1) is 0 Å². The van der Waals surface area contributed by atoms with Crippen LogP contribution in [0.1, 0.15) is 26.2 Å². The Balaban J connectivity index is 3.29. The molecule has 17 heavy (non-hydrogen) atoms. The summed E-state index contributed by atoms with van der Waals surface area (Å²) in [6.45, 7) is 5.67. The number of hydrogen-bond donors (Lipinski definition) is 0. The van der Waals surface area contributed by atoms with Gasteiger partial charge in [0.05, 0.1) is 16.1 Å². The SMILES string of the molecule is C=C(C)C(=O)OCCCCC[SiH2]C(OC)OC. The van der Waals surface area contributed by atoms with Gasteiger partial charge in [-0.15, -0.1) is 0 Å². The third-order valence-corrected chi connectivity index (χ3v) is 4.49. The average molecular weight is 260 g/mol. The third kappa shape index (κ3) is 9.09. The van der Waals surface area contributed by atoms with Gasteiger partial charge in [0.25, 0.3) is 0 Å². The maximum Gasteiger partial charge on any atom is 0.333 e. The third-order valence-electron chi connectivity index (χ3n) is 2.44. The highest BCUT2D eigenvalue weighted by Crippen LogP contribution is 2.03. The minimum absolute atomic E-state index is 0.0382. The van der Waals surface area contributed by atoms with Crippen molar-refractivity contribution in [3.8, 4) is 0 Å². The predicted molar refractivity (Wildman–Crippen MR) is 70.8 cm³/mol.